The van der Waals surface area contributed by atoms with Crippen molar-refractivity contribution in [3.05, 3.63) is 22.7 Å². The smallest absolute Gasteiger partial charge is 0.244 e. The van der Waals surface area contributed by atoms with Crippen LogP contribution in [0.1, 0.15) is 37.7 Å². The van der Waals surface area contributed by atoms with Crippen LogP contribution >= 0.6 is 11.6 Å². The number of anilines is 1. The van der Waals surface area contributed by atoms with E-state index in [0.29, 0.717) is 18.8 Å². The van der Waals surface area contributed by atoms with E-state index in [1.165, 1.54) is 12.5 Å². The van der Waals surface area contributed by atoms with Crippen molar-refractivity contribution in [3.63, 3.8) is 0 Å². The first-order valence-corrected chi connectivity index (χ1v) is 8.80. The topological polar surface area (TPSA) is 63.4 Å². The standard InChI is InChI=1S/C14H21ClN2O2S/c1-11-9-12(15)14(10-13(11)16)20(18,19)17-7-5-3-2-4-6-8-17/h9-10H,2-8,16H2,1H3. The molecule has 1 saturated heterocycles. The van der Waals surface area contributed by atoms with Gasteiger partial charge in [0.25, 0.3) is 0 Å². The lowest BCUT2D eigenvalue weighted by Crippen LogP contribution is -2.34. The van der Waals surface area contributed by atoms with E-state index < -0.39 is 10.0 Å². The summed E-state index contributed by atoms with van der Waals surface area (Å²) in [6.45, 7) is 2.94. The van der Waals surface area contributed by atoms with E-state index in [1.807, 2.05) is 6.92 Å². The van der Waals surface area contributed by atoms with Crippen molar-refractivity contribution in [1.82, 2.24) is 4.31 Å². The van der Waals surface area contributed by atoms with Gasteiger partial charge in [-0.2, -0.15) is 4.31 Å². The van der Waals surface area contributed by atoms with Crippen LogP contribution in [-0.2, 0) is 10.0 Å². The maximum absolute atomic E-state index is 12.7. The van der Waals surface area contributed by atoms with Crippen LogP contribution in [-0.4, -0.2) is 25.8 Å². The normalized spacial score (nSPS) is 18.5. The lowest BCUT2D eigenvalue weighted by atomic mass is 10.1. The fourth-order valence-corrected chi connectivity index (χ4v) is 4.57. The van der Waals surface area contributed by atoms with E-state index in [4.69, 9.17) is 17.3 Å². The molecule has 1 fully saturated rings. The van der Waals surface area contributed by atoms with Gasteiger partial charge in [-0.1, -0.05) is 30.9 Å². The van der Waals surface area contributed by atoms with Crippen molar-refractivity contribution < 1.29 is 8.42 Å². The molecule has 112 valence electrons. The Bertz CT molecular complexity index is 579. The zero-order valence-electron chi connectivity index (χ0n) is 11.7. The highest BCUT2D eigenvalue weighted by atomic mass is 35.5. The highest BCUT2D eigenvalue weighted by molar-refractivity contribution is 7.89. The summed E-state index contributed by atoms with van der Waals surface area (Å²) in [7, 11) is -3.55. The molecule has 20 heavy (non-hydrogen) atoms. The first-order chi connectivity index (χ1) is 9.43. The first kappa shape index (κ1) is 15.6. The summed E-state index contributed by atoms with van der Waals surface area (Å²) in [5, 5.41) is 0.249. The van der Waals surface area contributed by atoms with E-state index in [-0.39, 0.29) is 9.92 Å². The SMILES string of the molecule is Cc1cc(Cl)c(S(=O)(=O)N2CCCCCCC2)cc1N. The van der Waals surface area contributed by atoms with Crippen molar-refractivity contribution in [2.75, 3.05) is 18.8 Å². The third-order valence-electron chi connectivity index (χ3n) is 3.75. The zero-order chi connectivity index (χ0) is 14.8. The van der Waals surface area contributed by atoms with Gasteiger partial charge < -0.3 is 5.73 Å². The number of halogens is 1. The van der Waals surface area contributed by atoms with E-state index in [1.54, 1.807) is 10.4 Å². The van der Waals surface area contributed by atoms with Gasteiger partial charge in [0.2, 0.25) is 10.0 Å². The van der Waals surface area contributed by atoms with Gasteiger partial charge in [0.1, 0.15) is 4.90 Å². The molecule has 2 rings (SSSR count). The molecule has 1 heterocycles. The van der Waals surface area contributed by atoms with Crippen LogP contribution in [0.2, 0.25) is 5.02 Å². The van der Waals surface area contributed by atoms with Crippen LogP contribution in [0.4, 0.5) is 5.69 Å². The van der Waals surface area contributed by atoms with Gasteiger partial charge in [-0.05, 0) is 37.5 Å². The number of aryl methyl sites for hydroxylation is 1. The van der Waals surface area contributed by atoms with Gasteiger partial charge in [0.05, 0.1) is 5.02 Å². The summed E-state index contributed by atoms with van der Waals surface area (Å²) >= 11 is 6.12. The molecule has 1 aromatic rings. The van der Waals surface area contributed by atoms with Gasteiger partial charge in [-0.3, -0.25) is 0 Å². The molecule has 4 nitrogen and oxygen atoms in total. The van der Waals surface area contributed by atoms with Crippen LogP contribution < -0.4 is 5.73 Å². The number of hydrogen-bond donors (Lipinski definition) is 1. The minimum atomic E-state index is -3.55. The molecule has 0 aliphatic carbocycles. The monoisotopic (exact) mass is 316 g/mol. The van der Waals surface area contributed by atoms with Gasteiger partial charge in [-0.25, -0.2) is 8.42 Å². The van der Waals surface area contributed by atoms with Gasteiger partial charge in [0.15, 0.2) is 0 Å². The number of nitrogens with two attached hydrogens (primary N) is 1. The fourth-order valence-electron chi connectivity index (χ4n) is 2.46. The Morgan fingerprint density at radius 2 is 1.65 bits per heavy atom. The molecule has 2 N–H and O–H groups in total. The number of nitrogens with zero attached hydrogens (tertiary/aromatic N) is 1. The molecule has 0 unspecified atom stereocenters. The van der Waals surface area contributed by atoms with Gasteiger partial charge in [-0.15, -0.1) is 0 Å². The molecule has 1 aromatic carbocycles. The minimum Gasteiger partial charge on any atom is -0.398 e. The number of sulfonamides is 1. The third kappa shape index (κ3) is 3.27. The first-order valence-electron chi connectivity index (χ1n) is 6.98. The molecule has 0 spiro atoms. The second kappa shape index (κ2) is 6.33. The number of benzene rings is 1. The lowest BCUT2D eigenvalue weighted by molar-refractivity contribution is 0.364. The predicted octanol–water partition coefficient (Wildman–Crippen LogP) is 3.19. The number of nitrogen functional groups attached to an aromatic ring is 1. The second-order valence-corrected chi connectivity index (χ2v) is 7.62. The highest BCUT2D eigenvalue weighted by Crippen LogP contribution is 2.30. The summed E-state index contributed by atoms with van der Waals surface area (Å²) in [4.78, 5) is 0.128. The Balaban J connectivity index is 2.35. The maximum atomic E-state index is 12.7. The highest BCUT2D eigenvalue weighted by Gasteiger charge is 2.27. The Hall–Kier alpha value is -0.780. The lowest BCUT2D eigenvalue weighted by Gasteiger charge is -2.24. The zero-order valence-corrected chi connectivity index (χ0v) is 13.3. The summed E-state index contributed by atoms with van der Waals surface area (Å²) in [5.74, 6) is 0. The van der Waals surface area contributed by atoms with Crippen LogP contribution in [0.25, 0.3) is 0 Å². The average molecular weight is 317 g/mol. The maximum Gasteiger partial charge on any atom is 0.244 e. The minimum absolute atomic E-state index is 0.128. The molecule has 0 bridgehead atoms. The van der Waals surface area contributed by atoms with Crippen molar-refractivity contribution in [2.24, 2.45) is 0 Å². The molecule has 0 aromatic heterocycles. The van der Waals surface area contributed by atoms with Crippen molar-refractivity contribution in [3.8, 4) is 0 Å². The Morgan fingerprint density at radius 3 is 2.25 bits per heavy atom. The second-order valence-electron chi connectivity index (χ2n) is 5.31. The summed E-state index contributed by atoms with van der Waals surface area (Å²) < 4.78 is 27.0. The molecular weight excluding hydrogens is 296 g/mol. The molecular formula is C14H21ClN2O2S. The molecule has 1 aliphatic rings. The van der Waals surface area contributed by atoms with E-state index >= 15 is 0 Å². The molecule has 0 amide bonds. The molecule has 1 aliphatic heterocycles. The summed E-state index contributed by atoms with van der Waals surface area (Å²) in [6.07, 6.45) is 5.15. The Morgan fingerprint density at radius 1 is 1.10 bits per heavy atom. The summed E-state index contributed by atoms with van der Waals surface area (Å²) in [5.41, 5.74) is 7.08. The van der Waals surface area contributed by atoms with E-state index in [2.05, 4.69) is 0 Å². The quantitative estimate of drug-likeness (QED) is 0.852. The van der Waals surface area contributed by atoms with Crippen LogP contribution in [0, 0.1) is 6.92 Å². The van der Waals surface area contributed by atoms with Crippen molar-refractivity contribution in [2.45, 2.75) is 43.9 Å². The van der Waals surface area contributed by atoms with Crippen LogP contribution in [0.5, 0.6) is 0 Å². The number of hydrogen-bond acceptors (Lipinski definition) is 3. The molecule has 0 saturated carbocycles. The van der Waals surface area contributed by atoms with Gasteiger partial charge in [0, 0.05) is 18.8 Å². The largest absolute Gasteiger partial charge is 0.398 e. The Kier molecular flexibility index (Phi) is 4.94. The fraction of sp³-hybridized carbons (Fsp3) is 0.571. The van der Waals surface area contributed by atoms with Crippen LogP contribution in [0.15, 0.2) is 17.0 Å². The van der Waals surface area contributed by atoms with Crippen molar-refractivity contribution in [1.29, 1.82) is 0 Å². The van der Waals surface area contributed by atoms with Crippen LogP contribution in [0.3, 0.4) is 0 Å². The molecule has 6 heteroatoms. The van der Waals surface area contributed by atoms with Crippen molar-refractivity contribution >= 4 is 27.3 Å². The molecule has 0 radical (unpaired) electrons. The number of rotatable bonds is 2. The van der Waals surface area contributed by atoms with Gasteiger partial charge >= 0.3 is 0 Å². The van der Waals surface area contributed by atoms with E-state index in [9.17, 15) is 8.42 Å². The molecule has 0 atom stereocenters. The third-order valence-corrected chi connectivity index (χ3v) is 6.12. The Labute approximate surface area is 126 Å². The summed E-state index contributed by atoms with van der Waals surface area (Å²) in [6, 6.07) is 3.10. The van der Waals surface area contributed by atoms with E-state index in [0.717, 1.165) is 31.2 Å². The average Bonchev–Trinajstić information content (AvgIpc) is 2.32. The predicted molar refractivity (Wildman–Crippen MR) is 82.4 cm³/mol.